The normalized spacial score (nSPS) is 20.8. The molecule has 1 fully saturated rings. The Morgan fingerprint density at radius 2 is 2.20 bits per heavy atom. The van der Waals surface area contributed by atoms with E-state index in [0.29, 0.717) is 19.6 Å². The number of likely N-dealkylation sites (tertiary alicyclic amines) is 1. The van der Waals surface area contributed by atoms with Crippen LogP contribution in [0.3, 0.4) is 0 Å². The predicted octanol–water partition coefficient (Wildman–Crippen LogP) is 1.52. The van der Waals surface area contributed by atoms with Crippen LogP contribution in [-0.4, -0.2) is 65.8 Å². The van der Waals surface area contributed by atoms with Gasteiger partial charge in [0.1, 0.15) is 0 Å². The van der Waals surface area contributed by atoms with Crippen LogP contribution in [0.2, 0.25) is 0 Å². The summed E-state index contributed by atoms with van der Waals surface area (Å²) in [5.41, 5.74) is -0.852. The van der Waals surface area contributed by atoms with Gasteiger partial charge in [-0.2, -0.15) is 0 Å². The van der Waals surface area contributed by atoms with Gasteiger partial charge in [0.05, 0.1) is 12.1 Å². The third-order valence-corrected chi connectivity index (χ3v) is 3.69. The van der Waals surface area contributed by atoms with Crippen molar-refractivity contribution in [3.8, 4) is 0 Å². The number of urea groups is 1. The summed E-state index contributed by atoms with van der Waals surface area (Å²) in [6, 6.07) is -0.0836. The Morgan fingerprint density at radius 3 is 2.75 bits per heavy atom. The van der Waals surface area contributed by atoms with Crippen molar-refractivity contribution < 1.29 is 9.90 Å². The maximum absolute atomic E-state index is 12.0. The Labute approximate surface area is 123 Å². The first-order valence-electron chi connectivity index (χ1n) is 7.79. The highest BCUT2D eigenvalue weighted by atomic mass is 16.3. The number of amides is 2. The van der Waals surface area contributed by atoms with Gasteiger partial charge in [0.15, 0.2) is 0 Å². The summed E-state index contributed by atoms with van der Waals surface area (Å²) in [5.74, 6) is 0.766. The molecule has 0 radical (unpaired) electrons. The molecule has 1 atom stereocenters. The van der Waals surface area contributed by atoms with Crippen LogP contribution in [0.5, 0.6) is 0 Å². The highest BCUT2D eigenvalue weighted by molar-refractivity contribution is 5.74. The van der Waals surface area contributed by atoms with E-state index in [0.717, 1.165) is 25.6 Å². The molecule has 0 aromatic rings. The minimum atomic E-state index is -0.852. The molecule has 1 saturated heterocycles. The fourth-order valence-corrected chi connectivity index (χ4v) is 2.72. The van der Waals surface area contributed by atoms with Crippen LogP contribution in [0.1, 0.15) is 40.5 Å². The van der Waals surface area contributed by atoms with Crippen molar-refractivity contribution >= 4 is 6.03 Å². The van der Waals surface area contributed by atoms with Crippen LogP contribution in [-0.2, 0) is 0 Å². The number of rotatable bonds is 6. The van der Waals surface area contributed by atoms with E-state index in [-0.39, 0.29) is 6.03 Å². The Morgan fingerprint density at radius 1 is 1.50 bits per heavy atom. The van der Waals surface area contributed by atoms with Gasteiger partial charge in [0, 0.05) is 26.2 Å². The summed E-state index contributed by atoms with van der Waals surface area (Å²) in [6.45, 7) is 12.5. The van der Waals surface area contributed by atoms with Gasteiger partial charge < -0.3 is 20.2 Å². The molecule has 0 saturated carbocycles. The quantitative estimate of drug-likeness (QED) is 0.778. The lowest BCUT2D eigenvalue weighted by molar-refractivity contribution is 0.0479. The van der Waals surface area contributed by atoms with Crippen molar-refractivity contribution in [2.45, 2.75) is 46.1 Å². The number of carbonyl (C=O) groups excluding carboxylic acids is 1. The third kappa shape index (κ3) is 6.57. The van der Waals surface area contributed by atoms with Gasteiger partial charge in [0.25, 0.3) is 0 Å². The first kappa shape index (κ1) is 17.2. The van der Waals surface area contributed by atoms with E-state index in [2.05, 4.69) is 17.1 Å². The van der Waals surface area contributed by atoms with E-state index in [9.17, 15) is 9.90 Å². The van der Waals surface area contributed by atoms with Crippen LogP contribution < -0.4 is 5.32 Å². The number of nitrogens with zero attached hydrogens (tertiary/aromatic N) is 2. The molecule has 0 spiro atoms. The summed E-state index contributed by atoms with van der Waals surface area (Å²) in [4.78, 5) is 16.1. The number of aliphatic hydroxyl groups is 1. The zero-order chi connectivity index (χ0) is 15.2. The van der Waals surface area contributed by atoms with Crippen LogP contribution in [0.15, 0.2) is 0 Å². The summed E-state index contributed by atoms with van der Waals surface area (Å²) in [5, 5.41) is 12.7. The Bertz CT molecular complexity index is 302. The molecule has 2 amide bonds. The molecule has 1 aliphatic rings. The van der Waals surface area contributed by atoms with Crippen molar-refractivity contribution in [1.82, 2.24) is 15.1 Å². The molecule has 0 bridgehead atoms. The first-order chi connectivity index (χ1) is 9.31. The van der Waals surface area contributed by atoms with Crippen molar-refractivity contribution in [2.24, 2.45) is 5.92 Å². The summed E-state index contributed by atoms with van der Waals surface area (Å²) >= 11 is 0. The predicted molar refractivity (Wildman–Crippen MR) is 81.8 cm³/mol. The average molecular weight is 285 g/mol. The summed E-state index contributed by atoms with van der Waals surface area (Å²) in [7, 11) is 0. The van der Waals surface area contributed by atoms with Gasteiger partial charge in [-0.3, -0.25) is 0 Å². The fraction of sp³-hybridized carbons (Fsp3) is 0.933. The van der Waals surface area contributed by atoms with Crippen molar-refractivity contribution in [2.75, 3.05) is 39.3 Å². The van der Waals surface area contributed by atoms with Crippen LogP contribution in [0, 0.1) is 5.92 Å². The van der Waals surface area contributed by atoms with E-state index in [1.54, 1.807) is 18.7 Å². The summed E-state index contributed by atoms with van der Waals surface area (Å²) < 4.78 is 0. The number of carbonyl (C=O) groups is 1. The highest BCUT2D eigenvalue weighted by Crippen LogP contribution is 2.14. The summed E-state index contributed by atoms with van der Waals surface area (Å²) in [6.07, 6.45) is 2.58. The second-order valence-electron chi connectivity index (χ2n) is 6.61. The molecule has 5 heteroatoms. The number of hydrogen-bond donors (Lipinski definition) is 2. The molecule has 0 aliphatic carbocycles. The van der Waals surface area contributed by atoms with Gasteiger partial charge in [-0.25, -0.2) is 4.79 Å². The fourth-order valence-electron chi connectivity index (χ4n) is 2.72. The molecule has 1 heterocycles. The maximum Gasteiger partial charge on any atom is 0.317 e. The Kier molecular flexibility index (Phi) is 6.76. The van der Waals surface area contributed by atoms with Gasteiger partial charge in [0.2, 0.25) is 0 Å². The van der Waals surface area contributed by atoms with Crippen molar-refractivity contribution in [3.05, 3.63) is 0 Å². The highest BCUT2D eigenvalue weighted by Gasteiger charge is 2.21. The maximum atomic E-state index is 12.0. The van der Waals surface area contributed by atoms with Gasteiger partial charge >= 0.3 is 6.03 Å². The molecule has 2 N–H and O–H groups in total. The van der Waals surface area contributed by atoms with E-state index < -0.39 is 5.60 Å². The second kappa shape index (κ2) is 7.84. The molecule has 118 valence electrons. The molecule has 1 aliphatic heterocycles. The first-order valence-corrected chi connectivity index (χ1v) is 7.79. The molecule has 0 aromatic heterocycles. The van der Waals surface area contributed by atoms with E-state index in [4.69, 9.17) is 0 Å². The minimum absolute atomic E-state index is 0.0836. The minimum Gasteiger partial charge on any atom is -0.389 e. The van der Waals surface area contributed by atoms with E-state index in [1.165, 1.54) is 12.8 Å². The van der Waals surface area contributed by atoms with Crippen LogP contribution in [0.25, 0.3) is 0 Å². The lowest BCUT2D eigenvalue weighted by Gasteiger charge is -2.31. The third-order valence-electron chi connectivity index (χ3n) is 3.69. The van der Waals surface area contributed by atoms with Crippen molar-refractivity contribution in [3.63, 3.8) is 0 Å². The number of likely N-dealkylation sites (N-methyl/N-ethyl adjacent to an activating group) is 1. The standard InChI is InChI=1S/C15H31N3O2/c1-5-18(12-15(3,4)20)14(19)16-8-10-17-9-6-7-13(2)11-17/h13,20H,5-12H2,1-4H3,(H,16,19). The van der Waals surface area contributed by atoms with Crippen LogP contribution >= 0.6 is 0 Å². The number of piperidine rings is 1. The SMILES string of the molecule is CCN(CC(C)(C)O)C(=O)NCCN1CCCC(C)C1. The van der Waals surface area contributed by atoms with Gasteiger partial charge in [-0.15, -0.1) is 0 Å². The number of nitrogens with one attached hydrogen (secondary N) is 1. The van der Waals surface area contributed by atoms with Gasteiger partial charge in [-0.05, 0) is 46.1 Å². The molecular formula is C15H31N3O2. The largest absolute Gasteiger partial charge is 0.389 e. The van der Waals surface area contributed by atoms with E-state index >= 15 is 0 Å². The zero-order valence-electron chi connectivity index (χ0n) is 13.5. The lowest BCUT2D eigenvalue weighted by atomic mass is 10.0. The molecule has 0 aromatic carbocycles. The lowest BCUT2D eigenvalue weighted by Crippen LogP contribution is -2.48. The topological polar surface area (TPSA) is 55.8 Å². The second-order valence-corrected chi connectivity index (χ2v) is 6.61. The van der Waals surface area contributed by atoms with Gasteiger partial charge in [-0.1, -0.05) is 6.92 Å². The smallest absolute Gasteiger partial charge is 0.317 e. The van der Waals surface area contributed by atoms with Crippen LogP contribution in [0.4, 0.5) is 4.79 Å². The Balaban J connectivity index is 2.27. The molecule has 5 nitrogen and oxygen atoms in total. The van der Waals surface area contributed by atoms with Crippen molar-refractivity contribution in [1.29, 1.82) is 0 Å². The Hall–Kier alpha value is -0.810. The average Bonchev–Trinajstić information content (AvgIpc) is 2.34. The van der Waals surface area contributed by atoms with E-state index in [1.807, 2.05) is 6.92 Å². The number of hydrogen-bond acceptors (Lipinski definition) is 3. The molecular weight excluding hydrogens is 254 g/mol. The monoisotopic (exact) mass is 285 g/mol. The molecule has 1 unspecified atom stereocenters. The molecule has 1 rings (SSSR count). The zero-order valence-corrected chi connectivity index (χ0v) is 13.5. The molecule has 20 heavy (non-hydrogen) atoms.